The number of β-amino-alcohol motifs (C(OH)–C–C–N with tert-alkyl or cyclic N) is 1. The highest BCUT2D eigenvalue weighted by Crippen LogP contribution is 2.12. The van der Waals surface area contributed by atoms with Gasteiger partial charge in [-0.05, 0) is 25.3 Å². The van der Waals surface area contributed by atoms with E-state index in [0.717, 1.165) is 44.6 Å². The van der Waals surface area contributed by atoms with Crippen molar-refractivity contribution in [2.45, 2.75) is 44.6 Å². The van der Waals surface area contributed by atoms with E-state index in [1.165, 1.54) is 0 Å². The summed E-state index contributed by atoms with van der Waals surface area (Å²) in [6.07, 6.45) is 5.90. The predicted molar refractivity (Wildman–Crippen MR) is 88.9 cm³/mol. The maximum absolute atomic E-state index is 10.2. The van der Waals surface area contributed by atoms with Crippen LogP contribution in [0.4, 0.5) is 0 Å². The Morgan fingerprint density at radius 1 is 1.38 bits per heavy atom. The summed E-state index contributed by atoms with van der Waals surface area (Å²) in [5.74, 6) is 0. The van der Waals surface area contributed by atoms with Gasteiger partial charge in [-0.25, -0.2) is 0 Å². The molecule has 0 spiro atoms. The van der Waals surface area contributed by atoms with E-state index in [1.807, 2.05) is 24.0 Å². The molecule has 24 heavy (non-hydrogen) atoms. The van der Waals surface area contributed by atoms with Crippen molar-refractivity contribution in [2.75, 3.05) is 46.1 Å². The quantitative estimate of drug-likeness (QED) is 0.742. The first-order valence-corrected chi connectivity index (χ1v) is 8.89. The summed E-state index contributed by atoms with van der Waals surface area (Å²) in [5.41, 5.74) is 1.15. The predicted octanol–water partition coefficient (Wildman–Crippen LogP) is 0.449. The van der Waals surface area contributed by atoms with E-state index < -0.39 is 6.10 Å². The van der Waals surface area contributed by atoms with Gasteiger partial charge in [-0.15, -0.1) is 0 Å². The number of aliphatic hydroxyl groups is 1. The average Bonchev–Trinajstić information content (AvgIpc) is 3.20. The highest BCUT2D eigenvalue weighted by Gasteiger charge is 2.23. The van der Waals surface area contributed by atoms with E-state index in [1.54, 1.807) is 0 Å². The third-order valence-corrected chi connectivity index (χ3v) is 4.48. The molecule has 2 aliphatic heterocycles. The summed E-state index contributed by atoms with van der Waals surface area (Å²) >= 11 is 0. The minimum Gasteiger partial charge on any atom is -0.389 e. The van der Waals surface area contributed by atoms with Gasteiger partial charge in [0, 0.05) is 32.4 Å². The Morgan fingerprint density at radius 3 is 3.00 bits per heavy atom. The number of hydrogen-bond donors (Lipinski definition) is 1. The largest absolute Gasteiger partial charge is 0.389 e. The molecule has 3 atom stereocenters. The van der Waals surface area contributed by atoms with Crippen LogP contribution >= 0.6 is 0 Å². The Hall–Kier alpha value is -0.990. The van der Waals surface area contributed by atoms with Gasteiger partial charge in [0.05, 0.1) is 50.9 Å². The van der Waals surface area contributed by atoms with Crippen LogP contribution in [-0.2, 0) is 20.8 Å². The van der Waals surface area contributed by atoms with E-state index in [4.69, 9.17) is 14.2 Å². The SMILES string of the molecule is Cc1cnn(C[C@@H]2CN(C[C@@H](O)COC[C@@H]3CCCO3)CCO2)c1. The number of nitrogens with zero attached hydrogens (tertiary/aromatic N) is 3. The summed E-state index contributed by atoms with van der Waals surface area (Å²) in [7, 11) is 0. The molecule has 0 amide bonds. The molecule has 2 aliphatic rings. The maximum Gasteiger partial charge on any atom is 0.0900 e. The first-order chi connectivity index (χ1) is 11.7. The Labute approximate surface area is 143 Å². The van der Waals surface area contributed by atoms with Crippen molar-refractivity contribution < 1.29 is 19.3 Å². The molecule has 0 aliphatic carbocycles. The van der Waals surface area contributed by atoms with E-state index in [9.17, 15) is 5.11 Å². The lowest BCUT2D eigenvalue weighted by atomic mass is 10.2. The second-order valence-corrected chi connectivity index (χ2v) is 6.82. The van der Waals surface area contributed by atoms with Crippen molar-refractivity contribution in [3.05, 3.63) is 18.0 Å². The molecule has 1 N–H and O–H groups in total. The Morgan fingerprint density at radius 2 is 2.25 bits per heavy atom. The normalized spacial score (nSPS) is 26.8. The molecule has 136 valence electrons. The number of aliphatic hydroxyl groups excluding tert-OH is 1. The lowest BCUT2D eigenvalue weighted by Gasteiger charge is -2.34. The van der Waals surface area contributed by atoms with Crippen LogP contribution in [0.15, 0.2) is 12.4 Å². The molecule has 2 fully saturated rings. The van der Waals surface area contributed by atoms with Crippen LogP contribution in [0.1, 0.15) is 18.4 Å². The molecule has 1 aromatic heterocycles. The smallest absolute Gasteiger partial charge is 0.0900 e. The maximum atomic E-state index is 10.2. The van der Waals surface area contributed by atoms with Crippen molar-refractivity contribution >= 4 is 0 Å². The molecule has 0 saturated carbocycles. The van der Waals surface area contributed by atoms with E-state index >= 15 is 0 Å². The molecule has 2 saturated heterocycles. The van der Waals surface area contributed by atoms with Gasteiger partial charge >= 0.3 is 0 Å². The highest BCUT2D eigenvalue weighted by molar-refractivity contribution is 4.99. The number of hydrogen-bond acceptors (Lipinski definition) is 6. The van der Waals surface area contributed by atoms with Crippen LogP contribution in [0.5, 0.6) is 0 Å². The van der Waals surface area contributed by atoms with E-state index in [2.05, 4.69) is 10.00 Å². The van der Waals surface area contributed by atoms with E-state index in [0.29, 0.717) is 26.4 Å². The number of morpholine rings is 1. The van der Waals surface area contributed by atoms with Gasteiger partial charge in [0.2, 0.25) is 0 Å². The molecule has 0 unspecified atom stereocenters. The molecule has 0 radical (unpaired) electrons. The molecule has 7 heteroatoms. The van der Waals surface area contributed by atoms with Gasteiger partial charge in [-0.3, -0.25) is 9.58 Å². The van der Waals surface area contributed by atoms with Crippen molar-refractivity contribution in [1.29, 1.82) is 0 Å². The van der Waals surface area contributed by atoms with Crippen molar-refractivity contribution in [2.24, 2.45) is 0 Å². The molecule has 1 aromatic rings. The van der Waals surface area contributed by atoms with Crippen molar-refractivity contribution in [3.63, 3.8) is 0 Å². The molecule has 0 aromatic carbocycles. The molecular weight excluding hydrogens is 310 g/mol. The first kappa shape index (κ1) is 17.8. The van der Waals surface area contributed by atoms with Crippen LogP contribution < -0.4 is 0 Å². The number of aromatic nitrogens is 2. The zero-order valence-electron chi connectivity index (χ0n) is 14.5. The fourth-order valence-electron chi connectivity index (χ4n) is 3.29. The summed E-state index contributed by atoms with van der Waals surface area (Å²) in [6, 6.07) is 0. The summed E-state index contributed by atoms with van der Waals surface area (Å²) in [4.78, 5) is 2.24. The molecule has 7 nitrogen and oxygen atoms in total. The zero-order chi connectivity index (χ0) is 16.8. The van der Waals surface area contributed by atoms with Crippen LogP contribution in [0.3, 0.4) is 0 Å². The zero-order valence-corrected chi connectivity index (χ0v) is 14.5. The van der Waals surface area contributed by atoms with Crippen molar-refractivity contribution in [3.8, 4) is 0 Å². The summed E-state index contributed by atoms with van der Waals surface area (Å²) in [5, 5.41) is 14.5. The Balaban J connectivity index is 1.34. The van der Waals surface area contributed by atoms with Crippen LogP contribution in [0, 0.1) is 6.92 Å². The van der Waals surface area contributed by atoms with Crippen LogP contribution in [-0.4, -0.2) is 84.2 Å². The van der Waals surface area contributed by atoms with Gasteiger partial charge in [0.15, 0.2) is 0 Å². The lowest BCUT2D eigenvalue weighted by molar-refractivity contribution is -0.0630. The summed E-state index contributed by atoms with van der Waals surface area (Å²) in [6.45, 7) is 7.51. The molecule has 3 rings (SSSR count). The molecular formula is C17H29N3O4. The third-order valence-electron chi connectivity index (χ3n) is 4.48. The van der Waals surface area contributed by atoms with Gasteiger partial charge in [0.1, 0.15) is 0 Å². The molecule has 3 heterocycles. The fourth-order valence-corrected chi connectivity index (χ4v) is 3.29. The van der Waals surface area contributed by atoms with Crippen LogP contribution in [0.2, 0.25) is 0 Å². The number of aryl methyl sites for hydroxylation is 1. The number of rotatable bonds is 8. The first-order valence-electron chi connectivity index (χ1n) is 8.89. The average molecular weight is 339 g/mol. The standard InChI is InChI=1S/C17H29N3O4/c1-14-7-18-20(8-14)11-17-10-19(4-6-24-17)9-15(21)12-22-13-16-3-2-5-23-16/h7-8,15-17,21H,2-6,9-13H2,1H3/t15-,16+,17+/m1/s1. The van der Waals surface area contributed by atoms with Gasteiger partial charge in [0.25, 0.3) is 0 Å². The fraction of sp³-hybridized carbons (Fsp3) is 0.824. The minimum absolute atomic E-state index is 0.109. The van der Waals surface area contributed by atoms with Gasteiger partial charge in [-0.1, -0.05) is 0 Å². The number of ether oxygens (including phenoxy) is 3. The minimum atomic E-state index is -0.475. The third kappa shape index (κ3) is 5.53. The highest BCUT2D eigenvalue weighted by atomic mass is 16.5. The second kappa shape index (κ2) is 8.92. The van der Waals surface area contributed by atoms with E-state index in [-0.39, 0.29) is 12.2 Å². The second-order valence-electron chi connectivity index (χ2n) is 6.82. The van der Waals surface area contributed by atoms with Crippen LogP contribution in [0.25, 0.3) is 0 Å². The lowest BCUT2D eigenvalue weighted by Crippen LogP contribution is -2.47. The van der Waals surface area contributed by atoms with Crippen molar-refractivity contribution in [1.82, 2.24) is 14.7 Å². The Bertz CT molecular complexity index is 490. The topological polar surface area (TPSA) is 69.0 Å². The monoisotopic (exact) mass is 339 g/mol. The van der Waals surface area contributed by atoms with Gasteiger partial charge < -0.3 is 19.3 Å². The Kier molecular flexibility index (Phi) is 6.62. The van der Waals surface area contributed by atoms with Gasteiger partial charge in [-0.2, -0.15) is 5.10 Å². The molecule has 0 bridgehead atoms. The summed E-state index contributed by atoms with van der Waals surface area (Å²) < 4.78 is 18.9.